The summed E-state index contributed by atoms with van der Waals surface area (Å²) < 4.78 is 13.1. The Bertz CT molecular complexity index is 798. The Labute approximate surface area is 146 Å². The van der Waals surface area contributed by atoms with Gasteiger partial charge in [0.25, 0.3) is 0 Å². The molecule has 0 bridgehead atoms. The molecule has 0 spiro atoms. The van der Waals surface area contributed by atoms with Crippen LogP contribution in [0.15, 0.2) is 61.3 Å². The van der Waals surface area contributed by atoms with Gasteiger partial charge < -0.3 is 16.1 Å². The van der Waals surface area contributed by atoms with Gasteiger partial charge in [0, 0.05) is 25.4 Å². The van der Waals surface area contributed by atoms with Crippen molar-refractivity contribution in [3.63, 3.8) is 0 Å². The molecule has 0 aliphatic rings. The quantitative estimate of drug-likeness (QED) is 0.428. The van der Waals surface area contributed by atoms with E-state index in [0.29, 0.717) is 12.2 Å². The van der Waals surface area contributed by atoms with Gasteiger partial charge in [-0.1, -0.05) is 30.8 Å². The third-order valence-corrected chi connectivity index (χ3v) is 3.58. The standard InChI is InChI=1S/C19H21FN4O/c1-3-19(25)23-11-15-5-4-14(13-6-8-16(20)9-7-13)10-17(15)18(21)12-24(2)22/h3-10,12H,1,11,21-22H2,2H3,(H,23,25)/b18-12-. The van der Waals surface area contributed by atoms with Gasteiger partial charge in [-0.15, -0.1) is 0 Å². The second kappa shape index (κ2) is 8.12. The SMILES string of the molecule is C=CC(=O)NCc1ccc(-c2ccc(F)cc2)cc1/C(N)=C/N(C)N. The molecule has 0 radical (unpaired) electrons. The van der Waals surface area contributed by atoms with Crippen molar-refractivity contribution in [2.45, 2.75) is 6.54 Å². The molecule has 2 aromatic rings. The van der Waals surface area contributed by atoms with Gasteiger partial charge in [-0.3, -0.25) is 4.79 Å². The zero-order valence-corrected chi connectivity index (χ0v) is 14.0. The van der Waals surface area contributed by atoms with Crippen molar-refractivity contribution in [3.05, 3.63) is 78.3 Å². The third-order valence-electron chi connectivity index (χ3n) is 3.58. The van der Waals surface area contributed by atoms with E-state index in [2.05, 4.69) is 11.9 Å². The van der Waals surface area contributed by atoms with Crippen LogP contribution in [0.4, 0.5) is 4.39 Å². The van der Waals surface area contributed by atoms with Crippen molar-refractivity contribution in [2.75, 3.05) is 7.05 Å². The summed E-state index contributed by atoms with van der Waals surface area (Å²) in [6, 6.07) is 11.9. The molecule has 2 aromatic carbocycles. The van der Waals surface area contributed by atoms with E-state index >= 15 is 0 Å². The topological polar surface area (TPSA) is 84.4 Å². The van der Waals surface area contributed by atoms with Gasteiger partial charge in [0.2, 0.25) is 5.91 Å². The second-order valence-electron chi connectivity index (χ2n) is 5.55. The van der Waals surface area contributed by atoms with Crippen molar-refractivity contribution in [2.24, 2.45) is 11.6 Å². The van der Waals surface area contributed by atoms with Gasteiger partial charge in [-0.25, -0.2) is 10.2 Å². The molecule has 1 amide bonds. The van der Waals surface area contributed by atoms with Gasteiger partial charge in [0.15, 0.2) is 0 Å². The average molecular weight is 340 g/mol. The van der Waals surface area contributed by atoms with Crippen LogP contribution >= 0.6 is 0 Å². The van der Waals surface area contributed by atoms with E-state index in [1.165, 1.54) is 23.2 Å². The summed E-state index contributed by atoms with van der Waals surface area (Å²) in [7, 11) is 1.66. The molecule has 6 heteroatoms. The smallest absolute Gasteiger partial charge is 0.243 e. The number of benzene rings is 2. The zero-order valence-electron chi connectivity index (χ0n) is 14.0. The number of halogens is 1. The number of hydrogen-bond acceptors (Lipinski definition) is 4. The Hall–Kier alpha value is -3.12. The highest BCUT2D eigenvalue weighted by molar-refractivity contribution is 5.87. The van der Waals surface area contributed by atoms with Crippen LogP contribution in [0.5, 0.6) is 0 Å². The molecule has 2 rings (SSSR count). The van der Waals surface area contributed by atoms with Crippen LogP contribution in [0.1, 0.15) is 11.1 Å². The lowest BCUT2D eigenvalue weighted by atomic mass is 9.97. The molecule has 0 saturated carbocycles. The van der Waals surface area contributed by atoms with Crippen molar-refractivity contribution >= 4 is 11.6 Å². The van der Waals surface area contributed by atoms with E-state index in [0.717, 1.165) is 22.3 Å². The van der Waals surface area contributed by atoms with Crippen molar-refractivity contribution in [1.82, 2.24) is 10.3 Å². The Kier molecular flexibility index (Phi) is 5.92. The maximum Gasteiger partial charge on any atom is 0.243 e. The number of hydrogen-bond donors (Lipinski definition) is 3. The number of rotatable bonds is 6. The summed E-state index contributed by atoms with van der Waals surface area (Å²) in [5, 5.41) is 4.08. The van der Waals surface area contributed by atoms with Crippen LogP contribution in [0, 0.1) is 5.82 Å². The van der Waals surface area contributed by atoms with Crippen molar-refractivity contribution < 1.29 is 9.18 Å². The van der Waals surface area contributed by atoms with Crippen LogP contribution in [-0.4, -0.2) is 18.0 Å². The van der Waals surface area contributed by atoms with Gasteiger partial charge in [0.1, 0.15) is 5.82 Å². The molecule has 0 aromatic heterocycles. The summed E-state index contributed by atoms with van der Waals surface area (Å²) in [6.07, 6.45) is 2.79. The first-order chi connectivity index (χ1) is 11.9. The minimum atomic E-state index is -0.295. The minimum Gasteiger partial charge on any atom is -0.397 e. The Morgan fingerprint density at radius 2 is 1.88 bits per heavy atom. The molecule has 0 aliphatic heterocycles. The molecular weight excluding hydrogens is 319 g/mol. The lowest BCUT2D eigenvalue weighted by Crippen LogP contribution is -2.23. The number of carbonyl (C=O) groups excluding carboxylic acids is 1. The predicted octanol–water partition coefficient (Wildman–Crippen LogP) is 2.36. The molecule has 0 atom stereocenters. The summed E-state index contributed by atoms with van der Waals surface area (Å²) >= 11 is 0. The van der Waals surface area contributed by atoms with Gasteiger partial charge in [0.05, 0.1) is 5.70 Å². The van der Waals surface area contributed by atoms with E-state index in [4.69, 9.17) is 11.6 Å². The molecule has 0 unspecified atom stereocenters. The Balaban J connectivity index is 2.44. The third kappa shape index (κ3) is 4.92. The van der Waals surface area contributed by atoms with Gasteiger partial charge in [-0.05, 0) is 41.0 Å². The number of carbonyl (C=O) groups is 1. The highest BCUT2D eigenvalue weighted by atomic mass is 19.1. The van der Waals surface area contributed by atoms with Crippen molar-refractivity contribution in [1.29, 1.82) is 0 Å². The fourth-order valence-corrected chi connectivity index (χ4v) is 2.36. The zero-order chi connectivity index (χ0) is 18.4. The normalized spacial score (nSPS) is 11.1. The first-order valence-corrected chi connectivity index (χ1v) is 7.65. The summed E-state index contributed by atoms with van der Waals surface area (Å²) in [5.74, 6) is 5.08. The highest BCUT2D eigenvalue weighted by Gasteiger charge is 2.09. The second-order valence-corrected chi connectivity index (χ2v) is 5.55. The highest BCUT2D eigenvalue weighted by Crippen LogP contribution is 2.25. The van der Waals surface area contributed by atoms with Crippen LogP contribution in [0.2, 0.25) is 0 Å². The number of nitrogens with one attached hydrogen (secondary N) is 1. The summed E-state index contributed by atoms with van der Waals surface area (Å²) in [6.45, 7) is 3.73. The molecule has 5 N–H and O–H groups in total. The fraction of sp³-hybridized carbons (Fsp3) is 0.105. The van der Waals surface area contributed by atoms with Gasteiger partial charge in [-0.2, -0.15) is 0 Å². The van der Waals surface area contributed by atoms with E-state index in [-0.39, 0.29) is 11.7 Å². The maximum atomic E-state index is 13.1. The first-order valence-electron chi connectivity index (χ1n) is 7.65. The lowest BCUT2D eigenvalue weighted by molar-refractivity contribution is -0.116. The van der Waals surface area contributed by atoms with Crippen LogP contribution < -0.4 is 16.9 Å². The molecule has 0 heterocycles. The number of hydrazine groups is 1. The van der Waals surface area contributed by atoms with E-state index in [9.17, 15) is 9.18 Å². The maximum absolute atomic E-state index is 13.1. The first kappa shape index (κ1) is 18.2. The lowest BCUT2D eigenvalue weighted by Gasteiger charge is -2.15. The predicted molar refractivity (Wildman–Crippen MR) is 98.0 cm³/mol. The number of amides is 1. The summed E-state index contributed by atoms with van der Waals surface area (Å²) in [5.41, 5.74) is 9.92. The van der Waals surface area contributed by atoms with Crippen LogP contribution in [0.3, 0.4) is 0 Å². The fourth-order valence-electron chi connectivity index (χ4n) is 2.36. The molecule has 5 nitrogen and oxygen atoms in total. The molecule has 0 fully saturated rings. The van der Waals surface area contributed by atoms with Gasteiger partial charge >= 0.3 is 0 Å². The van der Waals surface area contributed by atoms with Crippen LogP contribution in [-0.2, 0) is 11.3 Å². The number of nitrogens with two attached hydrogens (primary N) is 2. The van der Waals surface area contributed by atoms with E-state index in [1.54, 1.807) is 25.4 Å². The molecule has 130 valence electrons. The largest absolute Gasteiger partial charge is 0.397 e. The molecule has 25 heavy (non-hydrogen) atoms. The molecule has 0 saturated heterocycles. The molecule has 0 aliphatic carbocycles. The van der Waals surface area contributed by atoms with E-state index < -0.39 is 0 Å². The molecular formula is C19H21FN4O. The number of nitrogens with zero attached hydrogens (tertiary/aromatic N) is 1. The van der Waals surface area contributed by atoms with Crippen molar-refractivity contribution in [3.8, 4) is 11.1 Å². The Morgan fingerprint density at radius 1 is 1.24 bits per heavy atom. The average Bonchev–Trinajstić information content (AvgIpc) is 2.59. The van der Waals surface area contributed by atoms with Crippen LogP contribution in [0.25, 0.3) is 16.8 Å². The Morgan fingerprint density at radius 3 is 2.48 bits per heavy atom. The monoisotopic (exact) mass is 340 g/mol. The summed E-state index contributed by atoms with van der Waals surface area (Å²) in [4.78, 5) is 11.4. The van der Waals surface area contributed by atoms with E-state index in [1.807, 2.05) is 18.2 Å². The minimum absolute atomic E-state index is 0.271.